The van der Waals surface area contributed by atoms with Gasteiger partial charge in [-0.2, -0.15) is 13.2 Å². The molecule has 1 aromatic heterocycles. The van der Waals surface area contributed by atoms with E-state index < -0.39 is 12.1 Å². The highest BCUT2D eigenvalue weighted by Crippen LogP contribution is 2.41. The van der Waals surface area contributed by atoms with E-state index >= 15 is 0 Å². The van der Waals surface area contributed by atoms with E-state index in [0.717, 1.165) is 31.8 Å². The molecule has 0 spiro atoms. The molecule has 2 fully saturated rings. The largest absolute Gasteiger partial charge is 0.391 e. The van der Waals surface area contributed by atoms with Crippen LogP contribution in [0.15, 0.2) is 18.5 Å². The Hall–Kier alpha value is -1.17. The predicted octanol–water partition coefficient (Wildman–Crippen LogP) is 3.98. The topological polar surface area (TPSA) is 29.0 Å². The van der Waals surface area contributed by atoms with Gasteiger partial charge in [-0.05, 0) is 57.1 Å². The molecule has 0 N–H and O–H groups in total. The number of alkyl halides is 3. The van der Waals surface area contributed by atoms with Crippen molar-refractivity contribution >= 4 is 0 Å². The van der Waals surface area contributed by atoms with Crippen molar-refractivity contribution in [3.63, 3.8) is 0 Å². The molecule has 1 saturated heterocycles. The molecule has 22 heavy (non-hydrogen) atoms. The predicted molar refractivity (Wildman–Crippen MR) is 77.1 cm³/mol. The lowest BCUT2D eigenvalue weighted by Crippen LogP contribution is -2.34. The second-order valence-electron chi connectivity index (χ2n) is 6.52. The van der Waals surface area contributed by atoms with Crippen molar-refractivity contribution in [3.8, 4) is 0 Å². The Balaban J connectivity index is 1.55. The first kappa shape index (κ1) is 15.7. The Labute approximate surface area is 128 Å². The van der Waals surface area contributed by atoms with Crippen LogP contribution >= 0.6 is 0 Å². The summed E-state index contributed by atoms with van der Waals surface area (Å²) in [7, 11) is 0. The molecule has 1 saturated carbocycles. The van der Waals surface area contributed by atoms with Crippen molar-refractivity contribution in [2.45, 2.75) is 50.7 Å². The first-order valence-electron chi connectivity index (χ1n) is 8.11. The fourth-order valence-electron chi connectivity index (χ4n) is 3.82. The van der Waals surface area contributed by atoms with Gasteiger partial charge in [-0.1, -0.05) is 0 Å². The van der Waals surface area contributed by atoms with E-state index in [1.807, 2.05) is 0 Å². The van der Waals surface area contributed by atoms with Gasteiger partial charge in [0.1, 0.15) is 5.82 Å². The Bertz CT molecular complexity index is 469. The number of nitrogens with zero attached hydrogens (tertiary/aromatic N) is 3. The van der Waals surface area contributed by atoms with Crippen LogP contribution in [0.4, 0.5) is 13.2 Å². The maximum absolute atomic E-state index is 12.7. The maximum Gasteiger partial charge on any atom is 0.391 e. The van der Waals surface area contributed by atoms with Crippen molar-refractivity contribution in [2.24, 2.45) is 11.8 Å². The molecule has 122 valence electrons. The minimum atomic E-state index is -4.01. The molecular formula is C16H22F3N3. The zero-order valence-electron chi connectivity index (χ0n) is 12.6. The highest BCUT2D eigenvalue weighted by atomic mass is 19.4. The summed E-state index contributed by atoms with van der Waals surface area (Å²) in [5.74, 6) is 0.141. The fourth-order valence-corrected chi connectivity index (χ4v) is 3.82. The third-order valence-electron chi connectivity index (χ3n) is 5.05. The minimum Gasteiger partial charge on any atom is -0.293 e. The van der Waals surface area contributed by atoms with E-state index in [4.69, 9.17) is 0 Å². The second kappa shape index (κ2) is 6.52. The molecule has 0 radical (unpaired) electrons. The van der Waals surface area contributed by atoms with Gasteiger partial charge in [-0.3, -0.25) is 4.90 Å². The van der Waals surface area contributed by atoms with Crippen molar-refractivity contribution in [1.29, 1.82) is 0 Å². The number of rotatable bonds is 3. The average Bonchev–Trinajstić information content (AvgIpc) is 2.96. The second-order valence-corrected chi connectivity index (χ2v) is 6.52. The first-order chi connectivity index (χ1) is 10.5. The highest BCUT2D eigenvalue weighted by molar-refractivity contribution is 4.99. The summed E-state index contributed by atoms with van der Waals surface area (Å²) in [6.07, 6.45) is 3.59. The summed E-state index contributed by atoms with van der Waals surface area (Å²) >= 11 is 0. The highest BCUT2D eigenvalue weighted by Gasteiger charge is 2.42. The van der Waals surface area contributed by atoms with Gasteiger partial charge in [-0.15, -0.1) is 0 Å². The van der Waals surface area contributed by atoms with Crippen molar-refractivity contribution in [3.05, 3.63) is 24.3 Å². The zero-order valence-corrected chi connectivity index (χ0v) is 12.6. The van der Waals surface area contributed by atoms with Crippen LogP contribution in [0, 0.1) is 11.8 Å². The van der Waals surface area contributed by atoms with E-state index in [1.165, 1.54) is 0 Å². The van der Waals surface area contributed by atoms with Gasteiger partial charge >= 0.3 is 6.18 Å². The minimum absolute atomic E-state index is 0.238. The van der Waals surface area contributed by atoms with Crippen LogP contribution in [0.1, 0.15) is 50.4 Å². The monoisotopic (exact) mass is 313 g/mol. The normalized spacial score (nSPS) is 30.6. The van der Waals surface area contributed by atoms with Crippen molar-refractivity contribution < 1.29 is 13.2 Å². The summed E-state index contributed by atoms with van der Waals surface area (Å²) in [6.45, 7) is 1.88. The lowest BCUT2D eigenvalue weighted by molar-refractivity contribution is -0.184. The van der Waals surface area contributed by atoms with Gasteiger partial charge in [0, 0.05) is 18.9 Å². The van der Waals surface area contributed by atoms with E-state index in [-0.39, 0.29) is 18.9 Å². The molecule has 2 aliphatic rings. The van der Waals surface area contributed by atoms with Crippen LogP contribution in [-0.4, -0.2) is 34.1 Å². The van der Waals surface area contributed by atoms with Gasteiger partial charge < -0.3 is 0 Å². The molecule has 1 aromatic rings. The zero-order chi connectivity index (χ0) is 15.6. The number of likely N-dealkylation sites (tertiary alicyclic amines) is 1. The average molecular weight is 313 g/mol. The lowest BCUT2D eigenvalue weighted by atomic mass is 9.81. The summed E-state index contributed by atoms with van der Waals surface area (Å²) in [4.78, 5) is 11.1. The lowest BCUT2D eigenvalue weighted by Gasteiger charge is -2.33. The molecule has 1 unspecified atom stereocenters. The quantitative estimate of drug-likeness (QED) is 0.845. The molecule has 2 heterocycles. The molecule has 1 aliphatic carbocycles. The van der Waals surface area contributed by atoms with Crippen molar-refractivity contribution in [2.75, 3.05) is 13.1 Å². The van der Waals surface area contributed by atoms with E-state index in [9.17, 15) is 13.2 Å². The Morgan fingerprint density at radius 3 is 2.36 bits per heavy atom. The molecule has 3 rings (SSSR count). The summed E-state index contributed by atoms with van der Waals surface area (Å²) < 4.78 is 38.2. The summed E-state index contributed by atoms with van der Waals surface area (Å²) in [6, 6.07) is 2.04. The molecule has 6 heteroatoms. The SMILES string of the molecule is FC(F)(F)C1CCC(CN2CCCC2c2ncccn2)CC1. The van der Waals surface area contributed by atoms with Crippen LogP contribution in [-0.2, 0) is 0 Å². The molecule has 0 amide bonds. The molecular weight excluding hydrogens is 291 g/mol. The van der Waals surface area contributed by atoms with Crippen LogP contribution < -0.4 is 0 Å². The van der Waals surface area contributed by atoms with Crippen LogP contribution in [0.2, 0.25) is 0 Å². The van der Waals surface area contributed by atoms with Gasteiger partial charge in [0.2, 0.25) is 0 Å². The Morgan fingerprint density at radius 2 is 1.73 bits per heavy atom. The molecule has 1 aliphatic heterocycles. The van der Waals surface area contributed by atoms with Gasteiger partial charge in [0.25, 0.3) is 0 Å². The number of hydrogen-bond donors (Lipinski definition) is 0. The number of hydrogen-bond acceptors (Lipinski definition) is 3. The molecule has 1 atom stereocenters. The third kappa shape index (κ3) is 3.59. The van der Waals surface area contributed by atoms with Gasteiger partial charge in [0.15, 0.2) is 0 Å². The van der Waals surface area contributed by atoms with Gasteiger partial charge in [-0.25, -0.2) is 9.97 Å². The standard InChI is InChI=1S/C16H22F3N3/c17-16(18,19)13-6-4-12(5-7-13)11-22-10-1-3-14(22)15-20-8-2-9-21-15/h2,8-9,12-14H,1,3-7,10-11H2. The number of aromatic nitrogens is 2. The van der Waals surface area contributed by atoms with Crippen LogP contribution in [0.25, 0.3) is 0 Å². The molecule has 0 aromatic carbocycles. The summed E-state index contributed by atoms with van der Waals surface area (Å²) in [5.41, 5.74) is 0. The van der Waals surface area contributed by atoms with Crippen LogP contribution in [0.5, 0.6) is 0 Å². The fraction of sp³-hybridized carbons (Fsp3) is 0.750. The maximum atomic E-state index is 12.7. The van der Waals surface area contributed by atoms with Crippen molar-refractivity contribution in [1.82, 2.24) is 14.9 Å². The molecule has 0 bridgehead atoms. The van der Waals surface area contributed by atoms with E-state index in [1.54, 1.807) is 18.5 Å². The smallest absolute Gasteiger partial charge is 0.293 e. The first-order valence-corrected chi connectivity index (χ1v) is 8.11. The van der Waals surface area contributed by atoms with Crippen LogP contribution in [0.3, 0.4) is 0 Å². The summed E-state index contributed by atoms with van der Waals surface area (Å²) in [5, 5.41) is 0. The number of halogens is 3. The van der Waals surface area contributed by atoms with E-state index in [0.29, 0.717) is 18.8 Å². The third-order valence-corrected chi connectivity index (χ3v) is 5.05. The van der Waals surface area contributed by atoms with E-state index in [2.05, 4.69) is 14.9 Å². The van der Waals surface area contributed by atoms with Gasteiger partial charge in [0.05, 0.1) is 12.0 Å². The Morgan fingerprint density at radius 1 is 1.05 bits per heavy atom. The Kier molecular flexibility index (Phi) is 4.66. The molecule has 3 nitrogen and oxygen atoms in total.